The van der Waals surface area contributed by atoms with Gasteiger partial charge in [0.15, 0.2) is 0 Å². The van der Waals surface area contributed by atoms with E-state index in [1.807, 2.05) is 17.9 Å². The average molecular weight is 198 g/mol. The van der Waals surface area contributed by atoms with Gasteiger partial charge in [0.1, 0.15) is 0 Å². The standard InChI is InChI=1S/C13H14N2/c1-15-8-13(14-9-15)12-6-5-10-3-2-4-11(10)7-12/h5-9H,2-4H2,1H3. The molecule has 1 aromatic heterocycles. The maximum atomic E-state index is 4.37. The van der Waals surface area contributed by atoms with Crippen LogP contribution in [0.5, 0.6) is 0 Å². The van der Waals surface area contributed by atoms with Gasteiger partial charge in [-0.2, -0.15) is 0 Å². The quantitative estimate of drug-likeness (QED) is 0.688. The summed E-state index contributed by atoms with van der Waals surface area (Å²) in [5, 5.41) is 0. The molecule has 2 heteroatoms. The van der Waals surface area contributed by atoms with Gasteiger partial charge < -0.3 is 4.57 Å². The van der Waals surface area contributed by atoms with E-state index in [9.17, 15) is 0 Å². The third-order valence-electron chi connectivity index (χ3n) is 3.10. The first-order chi connectivity index (χ1) is 7.33. The fourth-order valence-electron chi connectivity index (χ4n) is 2.29. The minimum atomic E-state index is 1.08. The van der Waals surface area contributed by atoms with Crippen LogP contribution in [0.2, 0.25) is 0 Å². The summed E-state index contributed by atoms with van der Waals surface area (Å²) in [5.41, 5.74) is 5.36. The molecule has 0 fully saturated rings. The molecule has 0 saturated heterocycles. The fourth-order valence-corrected chi connectivity index (χ4v) is 2.29. The lowest BCUT2D eigenvalue weighted by atomic mass is 10.1. The van der Waals surface area contributed by atoms with Crippen molar-refractivity contribution in [2.75, 3.05) is 0 Å². The zero-order valence-corrected chi connectivity index (χ0v) is 8.90. The Kier molecular flexibility index (Phi) is 1.88. The average Bonchev–Trinajstić information content (AvgIpc) is 2.84. The highest BCUT2D eigenvalue weighted by molar-refractivity contribution is 5.60. The number of fused-ring (bicyclic) bond motifs is 1. The van der Waals surface area contributed by atoms with E-state index in [2.05, 4.69) is 29.4 Å². The highest BCUT2D eigenvalue weighted by Gasteiger charge is 2.11. The van der Waals surface area contributed by atoms with E-state index in [1.165, 1.54) is 36.0 Å². The molecule has 0 atom stereocenters. The van der Waals surface area contributed by atoms with Crippen LogP contribution in [-0.4, -0.2) is 9.55 Å². The lowest BCUT2D eigenvalue weighted by Gasteiger charge is -2.01. The van der Waals surface area contributed by atoms with Gasteiger partial charge in [0, 0.05) is 18.8 Å². The monoisotopic (exact) mass is 198 g/mol. The zero-order chi connectivity index (χ0) is 10.3. The molecule has 1 aliphatic carbocycles. The van der Waals surface area contributed by atoms with Gasteiger partial charge in [0.25, 0.3) is 0 Å². The highest BCUT2D eigenvalue weighted by Crippen LogP contribution is 2.26. The van der Waals surface area contributed by atoms with Crippen molar-refractivity contribution in [3.63, 3.8) is 0 Å². The first-order valence-electron chi connectivity index (χ1n) is 5.43. The molecule has 0 bridgehead atoms. The molecule has 2 aromatic rings. The Morgan fingerprint density at radius 2 is 2.07 bits per heavy atom. The van der Waals surface area contributed by atoms with Crippen molar-refractivity contribution >= 4 is 0 Å². The molecule has 1 heterocycles. The molecule has 0 radical (unpaired) electrons. The lowest BCUT2D eigenvalue weighted by Crippen LogP contribution is -1.84. The molecule has 2 nitrogen and oxygen atoms in total. The summed E-state index contributed by atoms with van der Waals surface area (Å²) in [6.45, 7) is 0. The number of nitrogens with zero attached hydrogens (tertiary/aromatic N) is 2. The van der Waals surface area contributed by atoms with E-state index in [1.54, 1.807) is 0 Å². The van der Waals surface area contributed by atoms with Crippen LogP contribution in [-0.2, 0) is 19.9 Å². The Hall–Kier alpha value is -1.57. The van der Waals surface area contributed by atoms with Gasteiger partial charge >= 0.3 is 0 Å². The van der Waals surface area contributed by atoms with Gasteiger partial charge in [0.05, 0.1) is 12.0 Å². The van der Waals surface area contributed by atoms with Crippen LogP contribution in [0.3, 0.4) is 0 Å². The van der Waals surface area contributed by atoms with Gasteiger partial charge in [-0.3, -0.25) is 0 Å². The van der Waals surface area contributed by atoms with Crippen LogP contribution >= 0.6 is 0 Å². The zero-order valence-electron chi connectivity index (χ0n) is 8.90. The van der Waals surface area contributed by atoms with Crippen LogP contribution in [0.1, 0.15) is 17.5 Å². The minimum absolute atomic E-state index is 1.08. The summed E-state index contributed by atoms with van der Waals surface area (Å²) in [5.74, 6) is 0. The molecule has 0 spiro atoms. The Balaban J connectivity index is 2.06. The lowest BCUT2D eigenvalue weighted by molar-refractivity contribution is 0.912. The number of aryl methyl sites for hydroxylation is 3. The maximum absolute atomic E-state index is 4.37. The Labute approximate surface area is 89.6 Å². The van der Waals surface area contributed by atoms with E-state index in [-0.39, 0.29) is 0 Å². The minimum Gasteiger partial charge on any atom is -0.340 e. The molecule has 15 heavy (non-hydrogen) atoms. The summed E-state index contributed by atoms with van der Waals surface area (Å²) in [6.07, 6.45) is 7.70. The third kappa shape index (κ3) is 1.46. The van der Waals surface area contributed by atoms with Gasteiger partial charge in [-0.25, -0.2) is 4.98 Å². The first-order valence-corrected chi connectivity index (χ1v) is 5.43. The fraction of sp³-hybridized carbons (Fsp3) is 0.308. The molecule has 0 aliphatic heterocycles. The molecule has 0 saturated carbocycles. The number of rotatable bonds is 1. The first kappa shape index (κ1) is 8.72. The van der Waals surface area contributed by atoms with Crippen molar-refractivity contribution in [1.29, 1.82) is 0 Å². The molecule has 0 N–H and O–H groups in total. The smallest absolute Gasteiger partial charge is 0.0951 e. The topological polar surface area (TPSA) is 17.8 Å². The summed E-state index contributed by atoms with van der Waals surface area (Å²) in [7, 11) is 2.00. The highest BCUT2D eigenvalue weighted by atomic mass is 15.0. The second-order valence-corrected chi connectivity index (χ2v) is 4.26. The van der Waals surface area contributed by atoms with E-state index < -0.39 is 0 Å². The SMILES string of the molecule is Cn1cnc(-c2ccc3c(c2)CCC3)c1. The van der Waals surface area contributed by atoms with Crippen LogP contribution in [0.4, 0.5) is 0 Å². The molecular formula is C13H14N2. The predicted octanol–water partition coefficient (Wildman–Crippen LogP) is 2.58. The molecule has 3 rings (SSSR count). The van der Waals surface area contributed by atoms with Crippen molar-refractivity contribution in [1.82, 2.24) is 9.55 Å². The Bertz CT molecular complexity index is 497. The van der Waals surface area contributed by atoms with Crippen LogP contribution in [0.25, 0.3) is 11.3 Å². The van der Waals surface area contributed by atoms with Gasteiger partial charge in [-0.15, -0.1) is 0 Å². The maximum Gasteiger partial charge on any atom is 0.0951 e. The van der Waals surface area contributed by atoms with E-state index in [4.69, 9.17) is 0 Å². The van der Waals surface area contributed by atoms with Gasteiger partial charge in [0.2, 0.25) is 0 Å². The second kappa shape index (κ2) is 3.23. The number of hydrogen-bond acceptors (Lipinski definition) is 1. The Morgan fingerprint density at radius 1 is 1.20 bits per heavy atom. The number of imidazole rings is 1. The number of benzene rings is 1. The summed E-state index contributed by atoms with van der Waals surface area (Å²) in [6, 6.07) is 6.74. The summed E-state index contributed by atoms with van der Waals surface area (Å²) < 4.78 is 1.99. The van der Waals surface area contributed by atoms with Crippen molar-refractivity contribution < 1.29 is 0 Å². The van der Waals surface area contributed by atoms with E-state index >= 15 is 0 Å². The second-order valence-electron chi connectivity index (χ2n) is 4.26. The van der Waals surface area contributed by atoms with E-state index in [0.29, 0.717) is 0 Å². The molecule has 76 valence electrons. The van der Waals surface area contributed by atoms with Gasteiger partial charge in [-0.05, 0) is 36.5 Å². The summed E-state index contributed by atoms with van der Waals surface area (Å²) in [4.78, 5) is 4.37. The number of hydrogen-bond donors (Lipinski definition) is 0. The van der Waals surface area contributed by atoms with E-state index in [0.717, 1.165) is 5.69 Å². The van der Waals surface area contributed by atoms with Crippen molar-refractivity contribution in [2.24, 2.45) is 7.05 Å². The molecule has 1 aromatic carbocycles. The van der Waals surface area contributed by atoms with Crippen molar-refractivity contribution in [3.05, 3.63) is 41.9 Å². The normalized spacial score (nSPS) is 14.2. The molecule has 1 aliphatic rings. The third-order valence-corrected chi connectivity index (χ3v) is 3.10. The van der Waals surface area contributed by atoms with Crippen LogP contribution in [0, 0.1) is 0 Å². The van der Waals surface area contributed by atoms with Crippen LogP contribution < -0.4 is 0 Å². The molecule has 0 amide bonds. The largest absolute Gasteiger partial charge is 0.340 e. The predicted molar refractivity (Wildman–Crippen MR) is 60.7 cm³/mol. The molecular weight excluding hydrogens is 184 g/mol. The van der Waals surface area contributed by atoms with Crippen LogP contribution in [0.15, 0.2) is 30.7 Å². The Morgan fingerprint density at radius 3 is 2.87 bits per heavy atom. The van der Waals surface area contributed by atoms with Gasteiger partial charge in [-0.1, -0.05) is 12.1 Å². The summed E-state index contributed by atoms with van der Waals surface area (Å²) >= 11 is 0. The number of aromatic nitrogens is 2. The van der Waals surface area contributed by atoms with Crippen molar-refractivity contribution in [3.8, 4) is 11.3 Å². The van der Waals surface area contributed by atoms with Crippen molar-refractivity contribution in [2.45, 2.75) is 19.3 Å². The molecule has 0 unspecified atom stereocenters.